The molecule has 0 radical (unpaired) electrons. The summed E-state index contributed by atoms with van der Waals surface area (Å²) in [5, 5.41) is 9.76. The van der Waals surface area contributed by atoms with E-state index in [2.05, 4.69) is 22.9 Å². The van der Waals surface area contributed by atoms with E-state index in [0.29, 0.717) is 24.4 Å². The third-order valence-corrected chi connectivity index (χ3v) is 4.67. The van der Waals surface area contributed by atoms with Gasteiger partial charge in [0.15, 0.2) is 12.6 Å². The molecule has 1 amide bonds. The molecule has 27 heavy (non-hydrogen) atoms. The smallest absolute Gasteiger partial charge is 0.258 e. The molecule has 2 saturated carbocycles. The Morgan fingerprint density at radius 3 is 2.59 bits per heavy atom. The Kier molecular flexibility index (Phi) is 9.17. The van der Waals surface area contributed by atoms with Crippen LogP contribution in [0.5, 0.6) is 5.75 Å². The van der Waals surface area contributed by atoms with Crippen LogP contribution in [-0.2, 0) is 11.3 Å². The van der Waals surface area contributed by atoms with Crippen LogP contribution in [0.2, 0.25) is 0 Å². The molecule has 0 bridgehead atoms. The van der Waals surface area contributed by atoms with E-state index in [4.69, 9.17) is 9.73 Å². The van der Waals surface area contributed by atoms with Crippen molar-refractivity contribution in [2.24, 2.45) is 4.99 Å². The minimum atomic E-state index is -0.0499. The number of halogens is 1. The van der Waals surface area contributed by atoms with Gasteiger partial charge in [0.25, 0.3) is 5.91 Å². The van der Waals surface area contributed by atoms with E-state index < -0.39 is 0 Å². The number of carbonyl (C=O) groups is 1. The van der Waals surface area contributed by atoms with E-state index in [1.807, 2.05) is 24.3 Å². The quantitative estimate of drug-likeness (QED) is 0.300. The summed E-state index contributed by atoms with van der Waals surface area (Å²) in [5.41, 5.74) is 1.06. The van der Waals surface area contributed by atoms with Crippen LogP contribution in [0.15, 0.2) is 29.3 Å². The zero-order valence-corrected chi connectivity index (χ0v) is 18.3. The SMILES string of the molecule is CCNC(=NCc1cccc(OCC(=O)NC2CC2)c1)NC1CCCC1.I. The van der Waals surface area contributed by atoms with Crippen molar-refractivity contribution >= 4 is 35.8 Å². The van der Waals surface area contributed by atoms with Gasteiger partial charge in [0.1, 0.15) is 5.75 Å². The Morgan fingerprint density at radius 1 is 1.15 bits per heavy atom. The van der Waals surface area contributed by atoms with E-state index in [1.165, 1.54) is 25.7 Å². The summed E-state index contributed by atoms with van der Waals surface area (Å²) < 4.78 is 5.61. The molecule has 2 fully saturated rings. The molecule has 0 saturated heterocycles. The molecule has 7 heteroatoms. The summed E-state index contributed by atoms with van der Waals surface area (Å²) in [6, 6.07) is 8.69. The minimum Gasteiger partial charge on any atom is -0.484 e. The van der Waals surface area contributed by atoms with Crippen molar-refractivity contribution in [3.05, 3.63) is 29.8 Å². The van der Waals surface area contributed by atoms with Crippen LogP contribution in [0.4, 0.5) is 0 Å². The zero-order valence-electron chi connectivity index (χ0n) is 16.0. The van der Waals surface area contributed by atoms with Gasteiger partial charge in [0.05, 0.1) is 6.54 Å². The van der Waals surface area contributed by atoms with Crippen molar-refractivity contribution in [2.75, 3.05) is 13.2 Å². The maximum absolute atomic E-state index is 11.7. The van der Waals surface area contributed by atoms with Gasteiger partial charge >= 0.3 is 0 Å². The number of nitrogens with one attached hydrogen (secondary N) is 3. The molecule has 2 aliphatic rings. The molecule has 0 aliphatic heterocycles. The van der Waals surface area contributed by atoms with Gasteiger partial charge in [-0.25, -0.2) is 4.99 Å². The molecular formula is C20H31IN4O2. The average molecular weight is 486 g/mol. The Morgan fingerprint density at radius 2 is 1.89 bits per heavy atom. The Balaban J connectivity index is 0.00000261. The second-order valence-electron chi connectivity index (χ2n) is 7.10. The van der Waals surface area contributed by atoms with Crippen LogP contribution >= 0.6 is 24.0 Å². The molecule has 0 spiro atoms. The molecule has 0 unspecified atom stereocenters. The number of benzene rings is 1. The summed E-state index contributed by atoms with van der Waals surface area (Å²) in [7, 11) is 0. The van der Waals surface area contributed by atoms with Crippen molar-refractivity contribution in [1.29, 1.82) is 0 Å². The Bertz CT molecular complexity index is 628. The summed E-state index contributed by atoms with van der Waals surface area (Å²) in [6.07, 6.45) is 7.20. The molecule has 1 aromatic rings. The lowest BCUT2D eigenvalue weighted by Crippen LogP contribution is -2.42. The van der Waals surface area contributed by atoms with Crippen LogP contribution in [-0.4, -0.2) is 37.1 Å². The van der Waals surface area contributed by atoms with E-state index in [0.717, 1.165) is 30.9 Å². The van der Waals surface area contributed by atoms with Gasteiger partial charge in [0, 0.05) is 18.6 Å². The number of carbonyl (C=O) groups excluding carboxylic acids is 1. The van der Waals surface area contributed by atoms with Crippen LogP contribution < -0.4 is 20.7 Å². The van der Waals surface area contributed by atoms with Crippen molar-refractivity contribution in [2.45, 2.75) is 64.1 Å². The number of amides is 1. The first kappa shape index (κ1) is 21.8. The van der Waals surface area contributed by atoms with Gasteiger partial charge in [-0.05, 0) is 50.3 Å². The molecule has 0 aromatic heterocycles. The first-order valence-electron chi connectivity index (χ1n) is 9.79. The predicted octanol–water partition coefficient (Wildman–Crippen LogP) is 2.96. The zero-order chi connectivity index (χ0) is 18.2. The third-order valence-electron chi connectivity index (χ3n) is 4.67. The number of ether oxygens (including phenoxy) is 1. The summed E-state index contributed by atoms with van der Waals surface area (Å²) in [5.74, 6) is 1.53. The van der Waals surface area contributed by atoms with E-state index in [9.17, 15) is 4.79 Å². The number of nitrogens with zero attached hydrogens (tertiary/aromatic N) is 1. The fraction of sp³-hybridized carbons (Fsp3) is 0.600. The van der Waals surface area contributed by atoms with E-state index in [-0.39, 0.29) is 36.5 Å². The highest BCUT2D eigenvalue weighted by Crippen LogP contribution is 2.19. The predicted molar refractivity (Wildman–Crippen MR) is 119 cm³/mol. The topological polar surface area (TPSA) is 74.8 Å². The third kappa shape index (κ3) is 7.94. The molecule has 6 nitrogen and oxygen atoms in total. The maximum atomic E-state index is 11.7. The molecule has 1 aromatic carbocycles. The number of rotatable bonds is 8. The van der Waals surface area contributed by atoms with Gasteiger partial charge in [-0.3, -0.25) is 4.79 Å². The van der Waals surface area contributed by atoms with Gasteiger partial charge in [-0.1, -0.05) is 25.0 Å². The normalized spacial score (nSPS) is 17.1. The molecule has 3 N–H and O–H groups in total. The average Bonchev–Trinajstić information content (AvgIpc) is 3.30. The Labute approximate surface area is 178 Å². The fourth-order valence-electron chi connectivity index (χ4n) is 3.13. The van der Waals surface area contributed by atoms with Crippen molar-refractivity contribution in [1.82, 2.24) is 16.0 Å². The molecule has 3 rings (SSSR count). The molecular weight excluding hydrogens is 455 g/mol. The lowest BCUT2D eigenvalue weighted by molar-refractivity contribution is -0.123. The number of hydrogen-bond acceptors (Lipinski definition) is 3. The minimum absolute atomic E-state index is 0. The van der Waals surface area contributed by atoms with Gasteiger partial charge in [-0.2, -0.15) is 0 Å². The van der Waals surface area contributed by atoms with E-state index >= 15 is 0 Å². The second kappa shape index (κ2) is 11.4. The first-order chi connectivity index (χ1) is 12.7. The lowest BCUT2D eigenvalue weighted by atomic mass is 10.2. The van der Waals surface area contributed by atoms with Gasteiger partial charge in [-0.15, -0.1) is 24.0 Å². The number of guanidine groups is 1. The van der Waals surface area contributed by atoms with Gasteiger partial charge < -0.3 is 20.7 Å². The van der Waals surface area contributed by atoms with Crippen molar-refractivity contribution < 1.29 is 9.53 Å². The summed E-state index contributed by atoms with van der Waals surface area (Å²) in [4.78, 5) is 16.4. The standard InChI is InChI=1S/C20H30N4O2.HI/c1-2-21-20(24-16-7-3-4-8-16)22-13-15-6-5-9-18(12-15)26-14-19(25)23-17-10-11-17;/h5-6,9,12,16-17H,2-4,7-8,10-11,13-14H2,1H3,(H,23,25)(H2,21,22,24);1H. The first-order valence-corrected chi connectivity index (χ1v) is 9.79. The van der Waals surface area contributed by atoms with Crippen LogP contribution in [0.1, 0.15) is 51.0 Å². The molecule has 150 valence electrons. The number of hydrogen-bond donors (Lipinski definition) is 3. The largest absolute Gasteiger partial charge is 0.484 e. The highest BCUT2D eigenvalue weighted by Gasteiger charge is 2.23. The summed E-state index contributed by atoms with van der Waals surface area (Å²) in [6.45, 7) is 3.56. The van der Waals surface area contributed by atoms with Crippen molar-refractivity contribution in [3.63, 3.8) is 0 Å². The Hall–Kier alpha value is -1.51. The van der Waals surface area contributed by atoms with Crippen molar-refractivity contribution in [3.8, 4) is 5.75 Å². The fourth-order valence-corrected chi connectivity index (χ4v) is 3.13. The maximum Gasteiger partial charge on any atom is 0.258 e. The second-order valence-corrected chi connectivity index (χ2v) is 7.10. The van der Waals surface area contributed by atoms with E-state index in [1.54, 1.807) is 0 Å². The monoisotopic (exact) mass is 486 g/mol. The molecule has 2 aliphatic carbocycles. The molecule has 0 atom stereocenters. The van der Waals surface area contributed by atoms with Crippen LogP contribution in [0.3, 0.4) is 0 Å². The van der Waals surface area contributed by atoms with Crippen LogP contribution in [0, 0.1) is 0 Å². The summed E-state index contributed by atoms with van der Waals surface area (Å²) >= 11 is 0. The highest BCUT2D eigenvalue weighted by molar-refractivity contribution is 14.0. The molecule has 0 heterocycles. The van der Waals surface area contributed by atoms with Gasteiger partial charge in [0.2, 0.25) is 0 Å². The number of aliphatic imine (C=N–C) groups is 1. The van der Waals surface area contributed by atoms with Crippen LogP contribution in [0.25, 0.3) is 0 Å². The lowest BCUT2D eigenvalue weighted by Gasteiger charge is -2.16. The highest BCUT2D eigenvalue weighted by atomic mass is 127.